The highest BCUT2D eigenvalue weighted by molar-refractivity contribution is 7.14. The van der Waals surface area contributed by atoms with E-state index in [1.54, 1.807) is 47.4 Å². The van der Waals surface area contributed by atoms with Gasteiger partial charge in [-0.2, -0.15) is 13.2 Å². The second-order valence-electron chi connectivity index (χ2n) is 10.1. The molecule has 0 bridgehead atoms. The van der Waals surface area contributed by atoms with Crippen LogP contribution in [-0.4, -0.2) is 53.1 Å². The van der Waals surface area contributed by atoms with Crippen LogP contribution in [0.2, 0.25) is 0 Å². The van der Waals surface area contributed by atoms with Gasteiger partial charge < -0.3 is 9.84 Å². The van der Waals surface area contributed by atoms with E-state index < -0.39 is 36.0 Å². The summed E-state index contributed by atoms with van der Waals surface area (Å²) in [6, 6.07) is 16.3. The van der Waals surface area contributed by atoms with Crippen molar-refractivity contribution in [2.45, 2.75) is 32.3 Å². The molecule has 5 rings (SSSR count). The Kier molecular flexibility index (Phi) is 9.23. The monoisotopic (exact) mass is 624 g/mol. The van der Waals surface area contributed by atoms with Crippen LogP contribution >= 0.6 is 11.3 Å². The number of alkyl halides is 2. The summed E-state index contributed by atoms with van der Waals surface area (Å²) < 4.78 is 46.2. The second-order valence-corrected chi connectivity index (χ2v) is 11.1. The number of thiazole rings is 1. The van der Waals surface area contributed by atoms with Gasteiger partial charge in [0, 0.05) is 37.3 Å². The lowest BCUT2D eigenvalue weighted by Crippen LogP contribution is -2.35. The zero-order chi connectivity index (χ0) is 31.4. The predicted molar refractivity (Wildman–Crippen MR) is 158 cm³/mol. The number of pyridine rings is 1. The Balaban J connectivity index is 1.48. The second kappa shape index (κ2) is 13.2. The van der Waals surface area contributed by atoms with Gasteiger partial charge in [-0.3, -0.25) is 24.2 Å². The van der Waals surface area contributed by atoms with Gasteiger partial charge in [0.05, 0.1) is 12.3 Å². The van der Waals surface area contributed by atoms with Gasteiger partial charge in [-0.15, -0.1) is 0 Å². The lowest BCUT2D eigenvalue weighted by Gasteiger charge is -2.21. The van der Waals surface area contributed by atoms with Crippen molar-refractivity contribution >= 4 is 40.1 Å². The maximum absolute atomic E-state index is 15.6. The summed E-state index contributed by atoms with van der Waals surface area (Å²) in [7, 11) is 1.38. The van der Waals surface area contributed by atoms with E-state index >= 15 is 4.39 Å². The fourth-order valence-corrected chi connectivity index (χ4v) is 5.84. The Bertz CT molecular complexity index is 1670. The smallest absolute Gasteiger partial charge is 0.387 e. The molecule has 1 atom stereocenters. The van der Waals surface area contributed by atoms with Crippen molar-refractivity contribution in [3.63, 3.8) is 0 Å². The molecule has 0 aliphatic carbocycles. The minimum absolute atomic E-state index is 0.0375. The molecule has 1 aliphatic heterocycles. The van der Waals surface area contributed by atoms with Gasteiger partial charge in [0.25, 0.3) is 0 Å². The van der Waals surface area contributed by atoms with Crippen LogP contribution < -0.4 is 14.5 Å². The van der Waals surface area contributed by atoms with Crippen LogP contribution in [0.1, 0.15) is 24.8 Å². The molecule has 2 amide bonds. The molecule has 1 N–H and O–H groups in total. The normalized spacial score (nSPS) is 13.8. The highest BCUT2D eigenvalue weighted by Gasteiger charge is 2.29. The third-order valence-corrected chi connectivity index (χ3v) is 8.09. The third kappa shape index (κ3) is 6.88. The first-order valence-electron chi connectivity index (χ1n) is 13.7. The number of aromatic nitrogens is 2. The molecule has 2 aromatic carbocycles. The van der Waals surface area contributed by atoms with Crippen LogP contribution in [0, 0.1) is 11.0 Å². The number of hydrogen-bond donors (Lipinski definition) is 1. The van der Waals surface area contributed by atoms with Crippen molar-refractivity contribution in [1.82, 2.24) is 9.97 Å². The molecule has 0 spiro atoms. The summed E-state index contributed by atoms with van der Waals surface area (Å²) in [5, 5.41) is 8.61. The van der Waals surface area contributed by atoms with E-state index in [4.69, 9.17) is 0 Å². The first-order chi connectivity index (χ1) is 21.1. The van der Waals surface area contributed by atoms with E-state index in [1.807, 2.05) is 0 Å². The number of aliphatic carboxylic acids is 1. The van der Waals surface area contributed by atoms with E-state index in [0.717, 1.165) is 16.9 Å². The molecule has 1 fully saturated rings. The van der Waals surface area contributed by atoms with E-state index in [0.29, 0.717) is 41.2 Å². The van der Waals surface area contributed by atoms with E-state index in [2.05, 4.69) is 14.7 Å². The Morgan fingerprint density at radius 1 is 1.11 bits per heavy atom. The molecule has 44 heavy (non-hydrogen) atoms. The largest absolute Gasteiger partial charge is 0.481 e. The first-order valence-corrected chi connectivity index (χ1v) is 14.5. The number of nitrogens with zero attached hydrogens (tertiary/aromatic N) is 4. The molecule has 0 radical (unpaired) electrons. The van der Waals surface area contributed by atoms with E-state index in [-0.39, 0.29) is 34.5 Å². The van der Waals surface area contributed by atoms with Gasteiger partial charge in [-0.25, -0.2) is 9.97 Å². The van der Waals surface area contributed by atoms with Crippen LogP contribution in [0.25, 0.3) is 22.4 Å². The Hall–Kier alpha value is -4.78. The number of hydrogen-bond acceptors (Lipinski definition) is 7. The Labute approximate surface area is 254 Å². The standard InChI is InChI=1S/C31H27F3N4O5S/c1-37(29(42)20(15-26(40)41)14-18-6-3-2-4-7-18)31-36-27(28(32)44-31)23-16-21(43-30(33)34)10-11-22(23)19-9-12-24(35-17-19)38-13-5-8-25(38)39/h2-4,6-7,9-12,16-17,20,30H,5,8,13-15H2,1H3,(H,40,41). The zero-order valence-corrected chi connectivity index (χ0v) is 24.3. The summed E-state index contributed by atoms with van der Waals surface area (Å²) in [4.78, 5) is 48.5. The molecule has 1 unspecified atom stereocenters. The van der Waals surface area contributed by atoms with Gasteiger partial charge in [0.2, 0.25) is 16.9 Å². The molecular formula is C31H27F3N4O5S. The minimum Gasteiger partial charge on any atom is -0.481 e. The fraction of sp³-hybridized carbons (Fsp3) is 0.258. The van der Waals surface area contributed by atoms with Gasteiger partial charge in [0.15, 0.2) is 5.13 Å². The average molecular weight is 625 g/mol. The van der Waals surface area contributed by atoms with Crippen LogP contribution in [-0.2, 0) is 20.8 Å². The summed E-state index contributed by atoms with van der Waals surface area (Å²) in [5.41, 5.74) is 1.57. The molecule has 4 aromatic rings. The van der Waals surface area contributed by atoms with E-state index in [9.17, 15) is 28.3 Å². The molecular weight excluding hydrogens is 597 g/mol. The lowest BCUT2D eigenvalue weighted by molar-refractivity contribution is -0.140. The number of anilines is 2. The summed E-state index contributed by atoms with van der Waals surface area (Å²) in [6.45, 7) is -2.57. The number of carbonyl (C=O) groups is 3. The quantitative estimate of drug-likeness (QED) is 0.217. The van der Waals surface area contributed by atoms with Gasteiger partial charge in [0.1, 0.15) is 17.3 Å². The van der Waals surface area contributed by atoms with Crippen LogP contribution in [0.4, 0.5) is 24.1 Å². The number of rotatable bonds is 11. The SMILES string of the molecule is CN(C(=O)C(CC(=O)O)Cc1ccccc1)c1nc(-c2cc(OC(F)F)ccc2-c2ccc(N3CCCC3=O)nc2)c(F)s1. The number of ether oxygens (including phenoxy) is 1. The molecule has 3 heterocycles. The number of amides is 2. The number of halogens is 3. The van der Waals surface area contributed by atoms with Gasteiger partial charge >= 0.3 is 12.6 Å². The van der Waals surface area contributed by atoms with Crippen LogP contribution in [0.15, 0.2) is 66.9 Å². The third-order valence-electron chi connectivity index (χ3n) is 7.17. The fourth-order valence-electron chi connectivity index (χ4n) is 5.07. The number of benzene rings is 2. The zero-order valence-electron chi connectivity index (χ0n) is 23.5. The summed E-state index contributed by atoms with van der Waals surface area (Å²) in [6.07, 6.45) is 2.37. The minimum atomic E-state index is -3.12. The summed E-state index contributed by atoms with van der Waals surface area (Å²) >= 11 is 0.563. The van der Waals surface area contributed by atoms with Crippen molar-refractivity contribution in [1.29, 1.82) is 0 Å². The van der Waals surface area contributed by atoms with Crippen molar-refractivity contribution in [3.05, 3.63) is 77.6 Å². The maximum Gasteiger partial charge on any atom is 0.387 e. The van der Waals surface area contributed by atoms with Gasteiger partial charge in [-0.05, 0) is 54.3 Å². The molecule has 228 valence electrons. The Morgan fingerprint density at radius 2 is 1.89 bits per heavy atom. The maximum atomic E-state index is 15.6. The van der Waals surface area contributed by atoms with Gasteiger partial charge in [-0.1, -0.05) is 41.7 Å². The van der Waals surface area contributed by atoms with Crippen molar-refractivity contribution in [3.8, 4) is 28.1 Å². The number of carbonyl (C=O) groups excluding carboxylic acids is 2. The topological polar surface area (TPSA) is 113 Å². The highest BCUT2D eigenvalue weighted by atomic mass is 32.1. The number of carboxylic acid groups (broad SMARTS) is 1. The highest BCUT2D eigenvalue weighted by Crippen LogP contribution is 2.40. The van der Waals surface area contributed by atoms with E-state index in [1.165, 1.54) is 31.4 Å². The van der Waals surface area contributed by atoms with Crippen molar-refractivity contribution in [2.24, 2.45) is 5.92 Å². The lowest BCUT2D eigenvalue weighted by atomic mass is 9.95. The average Bonchev–Trinajstić information content (AvgIpc) is 3.61. The van der Waals surface area contributed by atoms with Crippen molar-refractivity contribution in [2.75, 3.05) is 23.4 Å². The predicted octanol–water partition coefficient (Wildman–Crippen LogP) is 6.04. The molecule has 1 saturated heterocycles. The summed E-state index contributed by atoms with van der Waals surface area (Å²) in [5.74, 6) is -2.47. The number of carboxylic acids is 1. The van der Waals surface area contributed by atoms with Crippen LogP contribution in [0.3, 0.4) is 0 Å². The first kappa shape index (κ1) is 30.7. The Morgan fingerprint density at radius 3 is 2.52 bits per heavy atom. The molecule has 2 aromatic heterocycles. The molecule has 0 saturated carbocycles. The van der Waals surface area contributed by atoms with Crippen molar-refractivity contribution < 1.29 is 37.4 Å². The molecule has 13 heteroatoms. The van der Waals surface area contributed by atoms with Crippen LogP contribution in [0.5, 0.6) is 5.75 Å². The molecule has 1 aliphatic rings. The molecule has 9 nitrogen and oxygen atoms in total.